The minimum atomic E-state index is -0.582. The summed E-state index contributed by atoms with van der Waals surface area (Å²) in [6.45, 7) is 0.982. The standard InChI is InChI=1S/C17H19FN4O4/c1-26-16-9-11(3-5-14(16)18)21-17(23)13-10-12(22(24)25)4-6-15(13)20-8-2-7-19/h3-6,9-10,20H,2,7-8,19H2,1H3,(H,21,23). The first-order valence-electron chi connectivity index (χ1n) is 7.83. The summed E-state index contributed by atoms with van der Waals surface area (Å²) in [4.78, 5) is 23.0. The van der Waals surface area contributed by atoms with E-state index < -0.39 is 16.6 Å². The van der Waals surface area contributed by atoms with Crippen LogP contribution in [0.5, 0.6) is 5.75 Å². The van der Waals surface area contributed by atoms with Gasteiger partial charge >= 0.3 is 0 Å². The number of anilines is 2. The molecule has 2 rings (SSSR count). The molecule has 9 heteroatoms. The Hall–Kier alpha value is -3.20. The van der Waals surface area contributed by atoms with Gasteiger partial charge in [-0.3, -0.25) is 14.9 Å². The molecule has 0 aliphatic carbocycles. The largest absolute Gasteiger partial charge is 0.494 e. The molecule has 0 heterocycles. The highest BCUT2D eigenvalue weighted by Crippen LogP contribution is 2.25. The van der Waals surface area contributed by atoms with Gasteiger partial charge in [0.15, 0.2) is 11.6 Å². The molecule has 0 unspecified atom stereocenters. The van der Waals surface area contributed by atoms with Gasteiger partial charge in [-0.05, 0) is 31.2 Å². The molecule has 2 aromatic carbocycles. The summed E-state index contributed by atoms with van der Waals surface area (Å²) < 4.78 is 18.3. The fourth-order valence-corrected chi connectivity index (χ4v) is 2.25. The molecule has 0 radical (unpaired) electrons. The second-order valence-electron chi connectivity index (χ2n) is 5.36. The van der Waals surface area contributed by atoms with Crippen LogP contribution in [-0.4, -0.2) is 31.0 Å². The fraction of sp³-hybridized carbons (Fsp3) is 0.235. The molecule has 0 saturated heterocycles. The third-order valence-electron chi connectivity index (χ3n) is 3.56. The number of nitro benzene ring substituents is 1. The number of hydrogen-bond acceptors (Lipinski definition) is 6. The van der Waals surface area contributed by atoms with Crippen LogP contribution in [0.25, 0.3) is 0 Å². The zero-order chi connectivity index (χ0) is 19.1. The highest BCUT2D eigenvalue weighted by Gasteiger charge is 2.17. The van der Waals surface area contributed by atoms with Crippen molar-refractivity contribution in [3.63, 3.8) is 0 Å². The van der Waals surface area contributed by atoms with E-state index in [1.165, 1.54) is 37.4 Å². The van der Waals surface area contributed by atoms with Gasteiger partial charge in [-0.25, -0.2) is 4.39 Å². The van der Waals surface area contributed by atoms with Crippen molar-refractivity contribution in [1.82, 2.24) is 0 Å². The molecule has 26 heavy (non-hydrogen) atoms. The highest BCUT2D eigenvalue weighted by molar-refractivity contribution is 6.08. The molecule has 8 nitrogen and oxygen atoms in total. The minimum absolute atomic E-state index is 0.0249. The average Bonchev–Trinajstić information content (AvgIpc) is 2.63. The monoisotopic (exact) mass is 362 g/mol. The molecule has 0 atom stereocenters. The van der Waals surface area contributed by atoms with Crippen LogP contribution in [0.4, 0.5) is 21.5 Å². The van der Waals surface area contributed by atoms with Crippen molar-refractivity contribution < 1.29 is 18.8 Å². The van der Waals surface area contributed by atoms with Crippen LogP contribution < -0.4 is 21.1 Å². The third kappa shape index (κ3) is 4.67. The lowest BCUT2D eigenvalue weighted by molar-refractivity contribution is -0.384. The summed E-state index contributed by atoms with van der Waals surface area (Å²) in [7, 11) is 1.31. The van der Waals surface area contributed by atoms with Crippen LogP contribution >= 0.6 is 0 Å². The van der Waals surface area contributed by atoms with Crippen molar-refractivity contribution in [2.75, 3.05) is 30.8 Å². The number of nitrogens with one attached hydrogen (secondary N) is 2. The summed E-state index contributed by atoms with van der Waals surface area (Å²) in [5.74, 6) is -1.16. The SMILES string of the molecule is COc1cc(NC(=O)c2cc([N+](=O)[O-])ccc2NCCCN)ccc1F. The lowest BCUT2D eigenvalue weighted by Gasteiger charge is -2.13. The molecule has 0 aliphatic heterocycles. The number of hydrogen-bond donors (Lipinski definition) is 3. The zero-order valence-electron chi connectivity index (χ0n) is 14.1. The Morgan fingerprint density at radius 1 is 1.31 bits per heavy atom. The maximum Gasteiger partial charge on any atom is 0.270 e. The number of carbonyl (C=O) groups excluding carboxylic acids is 1. The Balaban J connectivity index is 2.29. The summed E-state index contributed by atoms with van der Waals surface area (Å²) in [5.41, 5.74) is 6.07. The van der Waals surface area contributed by atoms with Crippen molar-refractivity contribution in [2.45, 2.75) is 6.42 Å². The molecule has 0 fully saturated rings. The van der Waals surface area contributed by atoms with E-state index in [0.717, 1.165) is 6.07 Å². The molecule has 0 saturated carbocycles. The van der Waals surface area contributed by atoms with E-state index in [2.05, 4.69) is 10.6 Å². The smallest absolute Gasteiger partial charge is 0.270 e. The fourth-order valence-electron chi connectivity index (χ4n) is 2.25. The van der Waals surface area contributed by atoms with Gasteiger partial charge in [-0.2, -0.15) is 0 Å². The first-order valence-corrected chi connectivity index (χ1v) is 7.83. The van der Waals surface area contributed by atoms with Crippen molar-refractivity contribution in [2.24, 2.45) is 5.73 Å². The number of halogens is 1. The molecule has 0 aromatic heterocycles. The topological polar surface area (TPSA) is 120 Å². The number of methoxy groups -OCH3 is 1. The van der Waals surface area contributed by atoms with Gasteiger partial charge in [0.25, 0.3) is 11.6 Å². The Kier molecular flexibility index (Phi) is 6.45. The quantitative estimate of drug-likeness (QED) is 0.377. The van der Waals surface area contributed by atoms with E-state index in [0.29, 0.717) is 30.9 Å². The number of benzene rings is 2. The number of ether oxygens (including phenoxy) is 1. The Morgan fingerprint density at radius 2 is 2.08 bits per heavy atom. The second-order valence-corrected chi connectivity index (χ2v) is 5.36. The summed E-state index contributed by atoms with van der Waals surface area (Å²) in [5, 5.41) is 16.6. The van der Waals surface area contributed by atoms with Gasteiger partial charge in [-0.15, -0.1) is 0 Å². The average molecular weight is 362 g/mol. The number of amides is 1. The van der Waals surface area contributed by atoms with Crippen LogP contribution in [0.2, 0.25) is 0 Å². The molecule has 2 aromatic rings. The lowest BCUT2D eigenvalue weighted by Crippen LogP contribution is -2.16. The first-order chi connectivity index (χ1) is 12.5. The molecule has 138 valence electrons. The van der Waals surface area contributed by atoms with E-state index >= 15 is 0 Å². The Morgan fingerprint density at radius 3 is 2.73 bits per heavy atom. The predicted octanol–water partition coefficient (Wildman–Crippen LogP) is 2.76. The Labute approximate surface area is 149 Å². The van der Waals surface area contributed by atoms with E-state index in [1.807, 2.05) is 0 Å². The Bertz CT molecular complexity index is 813. The molecule has 0 spiro atoms. The number of nitro groups is 1. The maximum atomic E-state index is 13.5. The molecule has 0 bridgehead atoms. The number of non-ortho nitro benzene ring substituents is 1. The zero-order valence-corrected chi connectivity index (χ0v) is 14.1. The maximum absolute atomic E-state index is 13.5. The van der Waals surface area contributed by atoms with Gasteiger partial charge in [0.05, 0.1) is 17.6 Å². The van der Waals surface area contributed by atoms with Crippen LogP contribution in [0, 0.1) is 15.9 Å². The van der Waals surface area contributed by atoms with Crippen LogP contribution in [0.1, 0.15) is 16.8 Å². The third-order valence-corrected chi connectivity index (χ3v) is 3.56. The number of rotatable bonds is 8. The van der Waals surface area contributed by atoms with Crippen molar-refractivity contribution in [3.8, 4) is 5.75 Å². The van der Waals surface area contributed by atoms with E-state index in [9.17, 15) is 19.3 Å². The molecule has 4 N–H and O–H groups in total. The summed E-state index contributed by atoms with van der Waals surface area (Å²) in [6, 6.07) is 7.81. The van der Waals surface area contributed by atoms with Crippen molar-refractivity contribution >= 4 is 23.0 Å². The number of nitrogens with two attached hydrogens (primary N) is 1. The van der Waals surface area contributed by atoms with E-state index in [1.54, 1.807) is 0 Å². The highest BCUT2D eigenvalue weighted by atomic mass is 19.1. The molecular weight excluding hydrogens is 343 g/mol. The van der Waals surface area contributed by atoms with Gasteiger partial charge in [0.1, 0.15) is 0 Å². The number of carbonyl (C=O) groups is 1. The normalized spacial score (nSPS) is 10.3. The molecule has 0 aliphatic rings. The van der Waals surface area contributed by atoms with Crippen LogP contribution in [-0.2, 0) is 0 Å². The van der Waals surface area contributed by atoms with E-state index in [4.69, 9.17) is 10.5 Å². The lowest BCUT2D eigenvalue weighted by atomic mass is 10.1. The van der Waals surface area contributed by atoms with Crippen molar-refractivity contribution in [1.29, 1.82) is 0 Å². The molecule has 1 amide bonds. The predicted molar refractivity (Wildman–Crippen MR) is 96.2 cm³/mol. The van der Waals surface area contributed by atoms with Gasteiger partial charge in [0.2, 0.25) is 0 Å². The molecular formula is C17H19FN4O4. The first kappa shape index (κ1) is 19.1. The van der Waals surface area contributed by atoms with Gasteiger partial charge in [0, 0.05) is 36.1 Å². The van der Waals surface area contributed by atoms with E-state index in [-0.39, 0.29) is 17.0 Å². The summed E-state index contributed by atoms with van der Waals surface area (Å²) >= 11 is 0. The van der Waals surface area contributed by atoms with Gasteiger partial charge < -0.3 is 21.1 Å². The van der Waals surface area contributed by atoms with Crippen LogP contribution in [0.3, 0.4) is 0 Å². The van der Waals surface area contributed by atoms with Crippen LogP contribution in [0.15, 0.2) is 36.4 Å². The second kappa shape index (κ2) is 8.77. The number of nitrogens with zero attached hydrogens (tertiary/aromatic N) is 1. The summed E-state index contributed by atoms with van der Waals surface area (Å²) in [6.07, 6.45) is 0.674. The van der Waals surface area contributed by atoms with Gasteiger partial charge in [-0.1, -0.05) is 0 Å². The van der Waals surface area contributed by atoms with Crippen molar-refractivity contribution in [3.05, 3.63) is 57.9 Å². The minimum Gasteiger partial charge on any atom is -0.494 e.